The number of carbonyl (C=O) groups excluding carboxylic acids is 2. The van der Waals surface area contributed by atoms with Gasteiger partial charge in [-0.15, -0.1) is 0 Å². The number of hydrogen-bond acceptors (Lipinski definition) is 5. The highest BCUT2D eigenvalue weighted by Gasteiger charge is 2.48. The van der Waals surface area contributed by atoms with E-state index in [1.54, 1.807) is 42.3 Å². The molecular weight excluding hydrogens is 461 g/mol. The van der Waals surface area contributed by atoms with Crippen molar-refractivity contribution in [3.63, 3.8) is 0 Å². The number of nitrogens with zero attached hydrogens (tertiary/aromatic N) is 5. The summed E-state index contributed by atoms with van der Waals surface area (Å²) in [5, 5.41) is 16.7. The number of anilines is 2. The number of nitriles is 1. The minimum Gasteiger partial charge on any atom is -0.344 e. The Hall–Kier alpha value is -4.07. The Morgan fingerprint density at radius 1 is 1.31 bits per heavy atom. The van der Waals surface area contributed by atoms with Crippen molar-refractivity contribution in [1.82, 2.24) is 20.0 Å². The van der Waals surface area contributed by atoms with Gasteiger partial charge in [0.05, 0.1) is 16.8 Å². The monoisotopic (exact) mass is 482 g/mol. The van der Waals surface area contributed by atoms with E-state index < -0.39 is 30.6 Å². The number of hydrogen-bond donors (Lipinski definition) is 1. The summed E-state index contributed by atoms with van der Waals surface area (Å²) in [6.45, 7) is -0.228. The summed E-state index contributed by atoms with van der Waals surface area (Å²) in [6, 6.07) is 11.0. The number of fused-ring (bicyclic) bond motifs is 2. The first-order valence-corrected chi connectivity index (χ1v) is 11.1. The van der Waals surface area contributed by atoms with Gasteiger partial charge < -0.3 is 14.7 Å². The lowest BCUT2D eigenvalue weighted by Crippen LogP contribution is -2.48. The predicted molar refractivity (Wildman–Crippen MR) is 121 cm³/mol. The van der Waals surface area contributed by atoms with Gasteiger partial charge in [-0.1, -0.05) is 12.1 Å². The molecule has 0 spiro atoms. The molecule has 1 fully saturated rings. The lowest BCUT2D eigenvalue weighted by atomic mass is 10.1. The average molecular weight is 482 g/mol. The van der Waals surface area contributed by atoms with Crippen LogP contribution in [-0.4, -0.2) is 64.2 Å². The van der Waals surface area contributed by atoms with E-state index in [-0.39, 0.29) is 31.6 Å². The molecule has 0 aliphatic carbocycles. The third-order valence-corrected chi connectivity index (χ3v) is 6.67. The molecular formula is C24H21F3N6O2. The van der Waals surface area contributed by atoms with E-state index in [0.717, 1.165) is 10.6 Å². The van der Waals surface area contributed by atoms with Crippen LogP contribution in [0.3, 0.4) is 0 Å². The van der Waals surface area contributed by atoms with Crippen LogP contribution in [0, 0.1) is 11.3 Å². The van der Waals surface area contributed by atoms with Crippen molar-refractivity contribution in [2.75, 3.05) is 25.0 Å². The van der Waals surface area contributed by atoms with E-state index in [0.29, 0.717) is 27.7 Å². The summed E-state index contributed by atoms with van der Waals surface area (Å²) >= 11 is 0. The van der Waals surface area contributed by atoms with E-state index in [4.69, 9.17) is 0 Å². The number of nitrogens with one attached hydrogen (secondary N) is 1. The highest BCUT2D eigenvalue weighted by atomic mass is 19.4. The van der Waals surface area contributed by atoms with E-state index in [9.17, 15) is 28.0 Å². The van der Waals surface area contributed by atoms with Gasteiger partial charge in [0, 0.05) is 31.2 Å². The van der Waals surface area contributed by atoms with Crippen LogP contribution in [-0.2, 0) is 11.3 Å². The van der Waals surface area contributed by atoms with Crippen LogP contribution in [0.5, 0.6) is 0 Å². The van der Waals surface area contributed by atoms with Gasteiger partial charge in [0.2, 0.25) is 5.91 Å². The maximum atomic E-state index is 13.3. The predicted octanol–water partition coefficient (Wildman–Crippen LogP) is 3.71. The third kappa shape index (κ3) is 3.84. The first-order valence-electron chi connectivity index (χ1n) is 11.1. The summed E-state index contributed by atoms with van der Waals surface area (Å²) in [6.07, 6.45) is -4.32. The van der Waals surface area contributed by atoms with Crippen LogP contribution in [0.1, 0.15) is 34.5 Å². The fourth-order valence-electron chi connectivity index (χ4n) is 4.90. The molecule has 11 heteroatoms. The first kappa shape index (κ1) is 22.7. The van der Waals surface area contributed by atoms with Gasteiger partial charge in [0.25, 0.3) is 5.91 Å². The Morgan fingerprint density at radius 3 is 2.86 bits per heavy atom. The molecule has 1 aromatic heterocycles. The van der Waals surface area contributed by atoms with Gasteiger partial charge in [-0.05, 0) is 42.7 Å². The van der Waals surface area contributed by atoms with Crippen LogP contribution in [0.2, 0.25) is 0 Å². The molecule has 2 amide bonds. The maximum absolute atomic E-state index is 13.3. The Labute approximate surface area is 198 Å². The molecule has 3 aromatic rings. The molecule has 0 saturated carbocycles. The fourth-order valence-corrected chi connectivity index (χ4v) is 4.90. The molecule has 180 valence electrons. The molecule has 0 radical (unpaired) electrons. The largest absolute Gasteiger partial charge is 0.408 e. The van der Waals surface area contributed by atoms with Gasteiger partial charge in [0.1, 0.15) is 18.7 Å². The molecule has 8 nitrogen and oxygen atoms in total. The molecule has 1 saturated heterocycles. The van der Waals surface area contributed by atoms with Crippen molar-refractivity contribution >= 4 is 34.1 Å². The van der Waals surface area contributed by atoms with Gasteiger partial charge in [-0.25, -0.2) is 0 Å². The summed E-state index contributed by atoms with van der Waals surface area (Å²) < 4.78 is 39.9. The van der Waals surface area contributed by atoms with Crippen LogP contribution < -0.4 is 4.90 Å². The van der Waals surface area contributed by atoms with E-state index in [2.05, 4.69) is 10.2 Å². The molecule has 2 aromatic carbocycles. The molecule has 3 heterocycles. The Balaban J connectivity index is 1.40. The Bertz CT molecular complexity index is 1380. The first-order chi connectivity index (χ1) is 16.7. The second kappa shape index (κ2) is 8.30. The zero-order valence-corrected chi connectivity index (χ0v) is 18.8. The highest BCUT2D eigenvalue weighted by molar-refractivity contribution is 6.05. The second-order valence-corrected chi connectivity index (χ2v) is 8.73. The molecule has 1 unspecified atom stereocenters. The summed E-state index contributed by atoms with van der Waals surface area (Å²) in [4.78, 5) is 30.0. The number of carbonyl (C=O) groups is 2. The number of benzene rings is 2. The quantitative estimate of drug-likeness (QED) is 0.612. The minimum atomic E-state index is -4.48. The number of rotatable bonds is 4. The van der Waals surface area contributed by atoms with Crippen LogP contribution in [0.25, 0.3) is 10.9 Å². The number of alkyl halides is 3. The van der Waals surface area contributed by atoms with Crippen molar-refractivity contribution < 1.29 is 22.8 Å². The van der Waals surface area contributed by atoms with Crippen LogP contribution >= 0.6 is 0 Å². The minimum absolute atomic E-state index is 0.0349. The van der Waals surface area contributed by atoms with Gasteiger partial charge in [-0.3, -0.25) is 14.7 Å². The van der Waals surface area contributed by atoms with Crippen molar-refractivity contribution in [2.45, 2.75) is 31.6 Å². The number of aromatic nitrogens is 2. The third-order valence-electron chi connectivity index (χ3n) is 6.67. The van der Waals surface area contributed by atoms with E-state index in [1.807, 2.05) is 12.1 Å². The van der Waals surface area contributed by atoms with Crippen molar-refractivity contribution in [2.24, 2.45) is 0 Å². The maximum Gasteiger partial charge on any atom is 0.408 e. The molecule has 1 atom stereocenters. The molecule has 2 aliphatic rings. The molecule has 35 heavy (non-hydrogen) atoms. The van der Waals surface area contributed by atoms with E-state index >= 15 is 0 Å². The molecule has 1 N–H and O–H groups in total. The topological polar surface area (TPSA) is 96.3 Å². The molecule has 5 rings (SSSR count). The van der Waals surface area contributed by atoms with Crippen LogP contribution in [0.4, 0.5) is 24.5 Å². The lowest BCUT2D eigenvalue weighted by Gasteiger charge is -2.28. The number of H-pyrrole nitrogens is 1. The zero-order valence-electron chi connectivity index (χ0n) is 18.8. The number of amides is 2. The van der Waals surface area contributed by atoms with Crippen molar-refractivity contribution in [1.29, 1.82) is 5.26 Å². The summed E-state index contributed by atoms with van der Waals surface area (Å²) in [5.41, 5.74) is 3.38. The smallest absolute Gasteiger partial charge is 0.344 e. The summed E-state index contributed by atoms with van der Waals surface area (Å²) in [5.74, 6) is -1.10. The Morgan fingerprint density at radius 2 is 2.11 bits per heavy atom. The van der Waals surface area contributed by atoms with Crippen molar-refractivity contribution in [3.8, 4) is 6.07 Å². The number of aromatic amines is 1. The number of halogens is 3. The normalized spacial score (nSPS) is 17.7. The number of likely N-dealkylation sites (tertiary alicyclic amines) is 1. The van der Waals surface area contributed by atoms with Gasteiger partial charge >= 0.3 is 6.18 Å². The van der Waals surface area contributed by atoms with Gasteiger partial charge in [-0.2, -0.15) is 23.5 Å². The highest BCUT2D eigenvalue weighted by Crippen LogP contribution is 2.37. The van der Waals surface area contributed by atoms with Gasteiger partial charge in [0.15, 0.2) is 5.69 Å². The van der Waals surface area contributed by atoms with Crippen molar-refractivity contribution in [3.05, 3.63) is 53.2 Å². The lowest BCUT2D eigenvalue weighted by molar-refractivity contribution is -0.182. The van der Waals surface area contributed by atoms with E-state index in [1.165, 1.54) is 4.90 Å². The Kier molecular flexibility index (Phi) is 5.39. The second-order valence-electron chi connectivity index (χ2n) is 8.73. The summed E-state index contributed by atoms with van der Waals surface area (Å²) in [7, 11) is 1.78. The molecule has 0 bridgehead atoms. The fraction of sp³-hybridized carbons (Fsp3) is 0.333. The zero-order chi connectivity index (χ0) is 24.9. The van der Waals surface area contributed by atoms with Crippen LogP contribution in [0.15, 0.2) is 36.4 Å². The average Bonchev–Trinajstić information content (AvgIpc) is 3.55. The SMILES string of the molecule is CN(c1ccc2[nH]nc(C#N)c2c1)c1cccc2c1C(=O)N(CC(=O)N1CCCC1C(F)(F)F)C2. The standard InChI is InChI=1S/C24H21F3N6O2/c1-31(15-7-8-17-16(10-15)18(11-28)30-29-17)19-5-2-4-14-12-32(23(35)22(14)19)13-21(34)33-9-3-6-20(33)24(25,26)27/h2,4-5,7-8,10,20H,3,6,9,12-13H2,1H3,(H,29,30). The molecule has 2 aliphatic heterocycles.